The summed E-state index contributed by atoms with van der Waals surface area (Å²) in [5, 5.41) is 2.97. The molecular weight excluding hydrogens is 440 g/mol. The van der Waals surface area contributed by atoms with Crippen LogP contribution in [0.2, 0.25) is 0 Å². The minimum Gasteiger partial charge on any atom is -0.486 e. The number of para-hydroxylation sites is 1. The van der Waals surface area contributed by atoms with E-state index in [9.17, 15) is 13.2 Å². The third-order valence-electron chi connectivity index (χ3n) is 5.40. The number of hydrogen-bond acceptors (Lipinski definition) is 5. The number of carbonyl (C=O) groups excluding carboxylic acids is 1. The van der Waals surface area contributed by atoms with E-state index in [1.807, 2.05) is 55.5 Å². The quantitative estimate of drug-likeness (QED) is 0.571. The van der Waals surface area contributed by atoms with Crippen LogP contribution in [0.15, 0.2) is 72.8 Å². The summed E-state index contributed by atoms with van der Waals surface area (Å²) in [4.78, 5) is 13.2. The first-order chi connectivity index (χ1) is 15.8. The van der Waals surface area contributed by atoms with Crippen LogP contribution in [0.3, 0.4) is 0 Å². The Balaban J connectivity index is 1.60. The van der Waals surface area contributed by atoms with Gasteiger partial charge in [-0.3, -0.25) is 9.10 Å². The number of carbonyl (C=O) groups is 1. The minimum absolute atomic E-state index is 0.127. The topological polar surface area (TPSA) is 84.9 Å². The summed E-state index contributed by atoms with van der Waals surface area (Å²) in [5.74, 6) is 0.958. The summed E-state index contributed by atoms with van der Waals surface area (Å²) in [7, 11) is -3.64. The number of hydrogen-bond donors (Lipinski definition) is 1. The first-order valence-electron chi connectivity index (χ1n) is 10.6. The van der Waals surface area contributed by atoms with Crippen LogP contribution in [0.4, 0.5) is 5.69 Å². The zero-order chi connectivity index (χ0) is 23.4. The number of ether oxygens (including phenoxy) is 2. The Hall–Kier alpha value is -3.52. The maximum Gasteiger partial charge on any atom is 0.253 e. The summed E-state index contributed by atoms with van der Waals surface area (Å²) in [6.07, 6.45) is 1.14. The van der Waals surface area contributed by atoms with Crippen LogP contribution in [0.5, 0.6) is 11.5 Å². The second-order valence-corrected chi connectivity index (χ2v) is 9.78. The molecule has 1 heterocycles. The highest BCUT2D eigenvalue weighted by Crippen LogP contribution is 2.33. The van der Waals surface area contributed by atoms with Gasteiger partial charge in [-0.05, 0) is 42.3 Å². The van der Waals surface area contributed by atoms with E-state index < -0.39 is 10.0 Å². The molecule has 1 atom stereocenters. The molecule has 1 aliphatic heterocycles. The average Bonchev–Trinajstić information content (AvgIpc) is 2.82. The second kappa shape index (κ2) is 9.54. The molecule has 0 aliphatic carbocycles. The van der Waals surface area contributed by atoms with Crippen LogP contribution < -0.4 is 19.1 Å². The van der Waals surface area contributed by atoms with Gasteiger partial charge >= 0.3 is 0 Å². The van der Waals surface area contributed by atoms with Gasteiger partial charge in [0, 0.05) is 0 Å². The zero-order valence-electron chi connectivity index (χ0n) is 18.5. The molecule has 0 bridgehead atoms. The number of nitrogens with zero attached hydrogens (tertiary/aromatic N) is 1. The molecule has 0 saturated heterocycles. The maximum atomic E-state index is 13.2. The van der Waals surface area contributed by atoms with Gasteiger partial charge in [0.2, 0.25) is 10.0 Å². The van der Waals surface area contributed by atoms with Gasteiger partial charge in [-0.25, -0.2) is 8.42 Å². The SMILES string of the molecule is CC(NC(=O)c1ccccc1N(Cc1ccccc1)S(C)(=O)=O)c1ccc2c(c1)OCCO2. The smallest absolute Gasteiger partial charge is 0.253 e. The Morgan fingerprint density at radius 1 is 0.970 bits per heavy atom. The van der Waals surface area contributed by atoms with Gasteiger partial charge in [-0.1, -0.05) is 48.5 Å². The predicted octanol–water partition coefficient (Wildman–Crippen LogP) is 3.92. The van der Waals surface area contributed by atoms with Crippen LogP contribution in [0, 0.1) is 0 Å². The molecule has 33 heavy (non-hydrogen) atoms. The maximum absolute atomic E-state index is 13.2. The van der Waals surface area contributed by atoms with Gasteiger partial charge in [0.1, 0.15) is 13.2 Å². The van der Waals surface area contributed by atoms with E-state index in [0.717, 1.165) is 17.4 Å². The molecule has 0 saturated carbocycles. The van der Waals surface area contributed by atoms with Gasteiger partial charge in [-0.2, -0.15) is 0 Å². The lowest BCUT2D eigenvalue weighted by Crippen LogP contribution is -2.33. The molecule has 1 N–H and O–H groups in total. The van der Waals surface area contributed by atoms with Crippen molar-refractivity contribution in [3.8, 4) is 11.5 Å². The number of sulfonamides is 1. The standard InChI is InChI=1S/C25H26N2O5S/c1-18(20-12-13-23-24(16-20)32-15-14-31-23)26-25(28)21-10-6-7-11-22(21)27(33(2,29)30)17-19-8-4-3-5-9-19/h3-13,16,18H,14-15,17H2,1-2H3,(H,26,28). The van der Waals surface area contributed by atoms with Crippen LogP contribution >= 0.6 is 0 Å². The van der Waals surface area contributed by atoms with E-state index in [2.05, 4.69) is 5.32 Å². The van der Waals surface area contributed by atoms with Gasteiger partial charge in [0.15, 0.2) is 11.5 Å². The summed E-state index contributed by atoms with van der Waals surface area (Å²) >= 11 is 0. The Labute approximate surface area is 194 Å². The van der Waals surface area contributed by atoms with E-state index in [-0.39, 0.29) is 24.1 Å². The first kappa shape index (κ1) is 22.7. The second-order valence-electron chi connectivity index (χ2n) is 7.87. The Morgan fingerprint density at radius 3 is 2.36 bits per heavy atom. The number of nitrogens with one attached hydrogen (secondary N) is 1. The molecule has 0 radical (unpaired) electrons. The van der Waals surface area contributed by atoms with Crippen molar-refractivity contribution in [2.45, 2.75) is 19.5 Å². The van der Waals surface area contributed by atoms with Gasteiger partial charge in [-0.15, -0.1) is 0 Å². The van der Waals surface area contributed by atoms with E-state index in [1.54, 1.807) is 24.3 Å². The van der Waals surface area contributed by atoms with Crippen LogP contribution in [-0.4, -0.2) is 33.8 Å². The molecule has 3 aromatic rings. The van der Waals surface area contributed by atoms with Crippen molar-refractivity contribution in [3.05, 3.63) is 89.5 Å². The molecule has 1 aliphatic rings. The summed E-state index contributed by atoms with van der Waals surface area (Å²) < 4.78 is 37.8. The summed E-state index contributed by atoms with van der Waals surface area (Å²) in [5.41, 5.74) is 2.29. The fourth-order valence-electron chi connectivity index (χ4n) is 3.70. The third-order valence-corrected chi connectivity index (χ3v) is 6.53. The van der Waals surface area contributed by atoms with Crippen molar-refractivity contribution in [1.29, 1.82) is 0 Å². The highest BCUT2D eigenvalue weighted by Gasteiger charge is 2.24. The fraction of sp³-hybridized carbons (Fsp3) is 0.240. The lowest BCUT2D eigenvalue weighted by atomic mass is 10.1. The molecule has 0 fully saturated rings. The molecule has 1 unspecified atom stereocenters. The van der Waals surface area contributed by atoms with Crippen LogP contribution in [-0.2, 0) is 16.6 Å². The number of fused-ring (bicyclic) bond motifs is 1. The minimum atomic E-state index is -3.64. The summed E-state index contributed by atoms with van der Waals surface area (Å²) in [6, 6.07) is 21.2. The highest BCUT2D eigenvalue weighted by molar-refractivity contribution is 7.92. The van der Waals surface area contributed by atoms with Crippen molar-refractivity contribution < 1.29 is 22.7 Å². The average molecular weight is 467 g/mol. The molecule has 0 spiro atoms. The highest BCUT2D eigenvalue weighted by atomic mass is 32.2. The van der Waals surface area contributed by atoms with E-state index in [4.69, 9.17) is 9.47 Å². The Morgan fingerprint density at radius 2 is 1.64 bits per heavy atom. The molecule has 7 nitrogen and oxygen atoms in total. The number of anilines is 1. The van der Waals surface area contributed by atoms with Crippen molar-refractivity contribution >= 4 is 21.6 Å². The van der Waals surface area contributed by atoms with Crippen molar-refractivity contribution in [3.63, 3.8) is 0 Å². The lowest BCUT2D eigenvalue weighted by molar-refractivity contribution is 0.0940. The fourth-order valence-corrected chi connectivity index (χ4v) is 4.60. The van der Waals surface area contributed by atoms with Gasteiger partial charge in [0.25, 0.3) is 5.91 Å². The molecule has 0 aromatic heterocycles. The van der Waals surface area contributed by atoms with Crippen LogP contribution in [0.25, 0.3) is 0 Å². The van der Waals surface area contributed by atoms with E-state index in [0.29, 0.717) is 30.4 Å². The predicted molar refractivity (Wildman–Crippen MR) is 127 cm³/mol. The normalized spacial score (nSPS) is 13.8. The van der Waals surface area contributed by atoms with Gasteiger partial charge < -0.3 is 14.8 Å². The lowest BCUT2D eigenvalue weighted by Gasteiger charge is -2.25. The molecule has 3 aromatic carbocycles. The van der Waals surface area contributed by atoms with Crippen molar-refractivity contribution in [1.82, 2.24) is 5.32 Å². The molecule has 1 amide bonds. The van der Waals surface area contributed by atoms with E-state index >= 15 is 0 Å². The molecule has 172 valence electrons. The molecular formula is C25H26N2O5S. The Kier molecular flexibility index (Phi) is 6.55. The van der Waals surface area contributed by atoms with Crippen LogP contribution in [0.1, 0.15) is 34.5 Å². The number of amides is 1. The molecule has 8 heteroatoms. The van der Waals surface area contributed by atoms with Crippen molar-refractivity contribution in [2.24, 2.45) is 0 Å². The zero-order valence-corrected chi connectivity index (χ0v) is 19.3. The Bertz CT molecular complexity index is 1240. The van der Waals surface area contributed by atoms with E-state index in [1.165, 1.54) is 4.31 Å². The third kappa shape index (κ3) is 5.28. The monoisotopic (exact) mass is 466 g/mol. The number of rotatable bonds is 7. The van der Waals surface area contributed by atoms with Crippen molar-refractivity contribution in [2.75, 3.05) is 23.8 Å². The first-order valence-corrected chi connectivity index (χ1v) is 12.5. The number of benzene rings is 3. The largest absolute Gasteiger partial charge is 0.486 e. The molecule has 4 rings (SSSR count). The van der Waals surface area contributed by atoms with Gasteiger partial charge in [0.05, 0.1) is 30.1 Å². The summed E-state index contributed by atoms with van der Waals surface area (Å²) in [6.45, 7) is 2.98.